The second kappa shape index (κ2) is 8.51. The molecule has 4 aromatic rings. The number of alkyl halides is 3. The van der Waals surface area contributed by atoms with Gasteiger partial charge in [0, 0.05) is 33.1 Å². The molecule has 0 amide bonds. The molecule has 0 aliphatic carbocycles. The van der Waals surface area contributed by atoms with E-state index in [-0.39, 0.29) is 23.0 Å². The lowest BCUT2D eigenvalue weighted by Gasteiger charge is -2.09. The number of halogens is 3. The van der Waals surface area contributed by atoms with Crippen LogP contribution in [0.4, 0.5) is 13.2 Å². The first-order chi connectivity index (χ1) is 14.8. The lowest BCUT2D eigenvalue weighted by atomic mass is 10.0. The molecule has 0 radical (unpaired) electrons. The summed E-state index contributed by atoms with van der Waals surface area (Å²) in [7, 11) is -1.55. The van der Waals surface area contributed by atoms with E-state index in [1.807, 2.05) is 0 Å². The predicted molar refractivity (Wildman–Crippen MR) is 113 cm³/mol. The van der Waals surface area contributed by atoms with Crippen LogP contribution in [-0.2, 0) is 28.5 Å². The molecule has 0 saturated heterocycles. The van der Waals surface area contributed by atoms with Crippen LogP contribution in [0.5, 0.6) is 0 Å². The number of benzene rings is 3. The molecule has 7 heteroatoms. The maximum Gasteiger partial charge on any atom is 0.416 e. The number of hydrogen-bond acceptors (Lipinski definition) is 3. The number of furan rings is 1. The van der Waals surface area contributed by atoms with Gasteiger partial charge in [-0.3, -0.25) is 9.00 Å². The van der Waals surface area contributed by atoms with Gasteiger partial charge < -0.3 is 4.42 Å². The highest BCUT2D eigenvalue weighted by Crippen LogP contribution is 2.31. The number of para-hydroxylation sites is 1. The number of hydrogen-bond donors (Lipinski definition) is 0. The first-order valence-electron chi connectivity index (χ1n) is 9.44. The maximum absolute atomic E-state index is 13.0. The molecule has 1 atom stereocenters. The van der Waals surface area contributed by atoms with Gasteiger partial charge in [-0.25, -0.2) is 0 Å². The highest BCUT2D eigenvalue weighted by atomic mass is 32.2. The molecule has 31 heavy (non-hydrogen) atoms. The normalized spacial score (nSPS) is 12.7. The van der Waals surface area contributed by atoms with Crippen molar-refractivity contribution in [3.63, 3.8) is 0 Å². The molecule has 4 rings (SSSR count). The second-order valence-electron chi connectivity index (χ2n) is 7.03. The van der Waals surface area contributed by atoms with Crippen molar-refractivity contribution in [2.75, 3.05) is 0 Å². The molecule has 1 heterocycles. The van der Waals surface area contributed by atoms with Crippen LogP contribution in [0, 0.1) is 0 Å². The zero-order valence-corrected chi connectivity index (χ0v) is 17.0. The number of fused-ring (bicyclic) bond motifs is 1. The second-order valence-corrected chi connectivity index (χ2v) is 8.48. The lowest BCUT2D eigenvalue weighted by Crippen LogP contribution is -2.08. The summed E-state index contributed by atoms with van der Waals surface area (Å²) in [5, 5.41) is 0.666. The molecule has 0 saturated carbocycles. The van der Waals surface area contributed by atoms with Crippen LogP contribution in [-0.4, -0.2) is 9.99 Å². The highest BCUT2D eigenvalue weighted by Gasteiger charge is 2.30. The van der Waals surface area contributed by atoms with E-state index in [4.69, 9.17) is 4.42 Å². The van der Waals surface area contributed by atoms with Gasteiger partial charge in [0.05, 0.1) is 11.3 Å². The van der Waals surface area contributed by atoms with Crippen molar-refractivity contribution in [2.24, 2.45) is 0 Å². The highest BCUT2D eigenvalue weighted by molar-refractivity contribution is 7.83. The number of rotatable bonds is 6. The van der Waals surface area contributed by atoms with Gasteiger partial charge >= 0.3 is 6.18 Å². The zero-order chi connectivity index (χ0) is 22.0. The van der Waals surface area contributed by atoms with Crippen molar-refractivity contribution >= 4 is 27.6 Å². The van der Waals surface area contributed by atoms with Gasteiger partial charge in [-0.2, -0.15) is 13.2 Å². The SMILES string of the molecule is O=C(c1ccccc1)c1oc2ccccc2c1C[S@@](=O)Cc1cccc(C(F)(F)F)c1. The molecular formula is C24H17F3O3S. The Morgan fingerprint density at radius 2 is 1.58 bits per heavy atom. The van der Waals surface area contributed by atoms with Crippen LogP contribution in [0.15, 0.2) is 83.3 Å². The molecule has 1 aromatic heterocycles. The van der Waals surface area contributed by atoms with Crippen LogP contribution >= 0.6 is 0 Å². The molecule has 3 aromatic carbocycles. The molecule has 0 aliphatic heterocycles. The fraction of sp³-hybridized carbons (Fsp3) is 0.125. The number of ketones is 1. The average Bonchev–Trinajstić information content (AvgIpc) is 3.12. The molecule has 0 N–H and O–H groups in total. The van der Waals surface area contributed by atoms with Gasteiger partial charge in [0.25, 0.3) is 0 Å². The summed E-state index contributed by atoms with van der Waals surface area (Å²) in [6, 6.07) is 20.4. The van der Waals surface area contributed by atoms with Crippen molar-refractivity contribution in [3.8, 4) is 0 Å². The first kappa shape index (κ1) is 21.1. The summed E-state index contributed by atoms with van der Waals surface area (Å²) < 4.78 is 57.6. The van der Waals surface area contributed by atoms with E-state index in [1.54, 1.807) is 54.6 Å². The maximum atomic E-state index is 13.0. The third-order valence-electron chi connectivity index (χ3n) is 4.83. The lowest BCUT2D eigenvalue weighted by molar-refractivity contribution is -0.137. The third-order valence-corrected chi connectivity index (χ3v) is 6.09. The monoisotopic (exact) mass is 442 g/mol. The quantitative estimate of drug-likeness (QED) is 0.338. The van der Waals surface area contributed by atoms with E-state index < -0.39 is 22.5 Å². The van der Waals surface area contributed by atoms with Crippen molar-refractivity contribution < 1.29 is 26.6 Å². The Morgan fingerprint density at radius 3 is 2.32 bits per heavy atom. The summed E-state index contributed by atoms with van der Waals surface area (Å²) in [5.41, 5.74) is 0.960. The molecular weight excluding hydrogens is 425 g/mol. The Labute approximate surface area is 179 Å². The zero-order valence-electron chi connectivity index (χ0n) is 16.2. The molecule has 0 unspecified atom stereocenters. The summed E-state index contributed by atoms with van der Waals surface area (Å²) in [4.78, 5) is 13.0. The summed E-state index contributed by atoms with van der Waals surface area (Å²) >= 11 is 0. The Bertz CT molecular complexity index is 1260. The van der Waals surface area contributed by atoms with E-state index in [0.717, 1.165) is 12.1 Å². The van der Waals surface area contributed by atoms with Crippen LogP contribution < -0.4 is 0 Å². The molecule has 0 spiro atoms. The predicted octanol–water partition coefficient (Wildman–Crippen LogP) is 6.13. The third kappa shape index (κ3) is 4.61. The molecule has 3 nitrogen and oxygen atoms in total. The van der Waals surface area contributed by atoms with Gasteiger partial charge in [-0.1, -0.05) is 66.7 Å². The number of carbonyl (C=O) groups excluding carboxylic acids is 1. The van der Waals surface area contributed by atoms with Crippen LogP contribution in [0.25, 0.3) is 11.0 Å². The van der Waals surface area contributed by atoms with Crippen LogP contribution in [0.1, 0.15) is 32.8 Å². The standard InChI is InChI=1S/C24H17F3O3S/c25-24(26,27)18-10-6-7-16(13-18)14-31(29)15-20-19-11-4-5-12-21(19)30-23(20)22(28)17-8-2-1-3-9-17/h1-13H,14-15H2/t31-/m0/s1. The van der Waals surface area contributed by atoms with Crippen molar-refractivity contribution in [3.05, 3.63) is 107 Å². The molecule has 0 aliphatic rings. The van der Waals surface area contributed by atoms with E-state index in [0.29, 0.717) is 27.7 Å². The fourth-order valence-corrected chi connectivity index (χ4v) is 4.64. The molecule has 0 fully saturated rings. The van der Waals surface area contributed by atoms with Gasteiger partial charge in [0.1, 0.15) is 5.58 Å². The molecule has 0 bridgehead atoms. The topological polar surface area (TPSA) is 47.3 Å². The molecule has 158 valence electrons. The fourth-order valence-electron chi connectivity index (χ4n) is 3.38. The summed E-state index contributed by atoms with van der Waals surface area (Å²) in [6.45, 7) is 0. The largest absolute Gasteiger partial charge is 0.452 e. The van der Waals surface area contributed by atoms with Crippen LogP contribution in [0.2, 0.25) is 0 Å². The van der Waals surface area contributed by atoms with E-state index in [9.17, 15) is 22.2 Å². The minimum absolute atomic E-state index is 0.0127. The summed E-state index contributed by atoms with van der Waals surface area (Å²) in [5.74, 6) is -0.309. The van der Waals surface area contributed by atoms with Crippen molar-refractivity contribution in [2.45, 2.75) is 17.7 Å². The van der Waals surface area contributed by atoms with Crippen molar-refractivity contribution in [1.29, 1.82) is 0 Å². The van der Waals surface area contributed by atoms with Crippen LogP contribution in [0.3, 0.4) is 0 Å². The van der Waals surface area contributed by atoms with Gasteiger partial charge in [0.2, 0.25) is 5.78 Å². The Hall–Kier alpha value is -3.19. The average molecular weight is 442 g/mol. The van der Waals surface area contributed by atoms with Gasteiger partial charge in [0.15, 0.2) is 5.76 Å². The number of carbonyl (C=O) groups is 1. The first-order valence-corrected chi connectivity index (χ1v) is 10.9. The Balaban J connectivity index is 1.65. The van der Waals surface area contributed by atoms with Gasteiger partial charge in [-0.05, 0) is 17.7 Å². The smallest absolute Gasteiger partial charge is 0.416 e. The van der Waals surface area contributed by atoms with Crippen molar-refractivity contribution in [1.82, 2.24) is 0 Å². The Kier molecular flexibility index (Phi) is 5.78. The Morgan fingerprint density at radius 1 is 0.871 bits per heavy atom. The van der Waals surface area contributed by atoms with E-state index in [2.05, 4.69) is 0 Å². The van der Waals surface area contributed by atoms with E-state index in [1.165, 1.54) is 12.1 Å². The van der Waals surface area contributed by atoms with E-state index >= 15 is 0 Å². The van der Waals surface area contributed by atoms with Gasteiger partial charge in [-0.15, -0.1) is 0 Å². The summed E-state index contributed by atoms with van der Waals surface area (Å²) in [6.07, 6.45) is -4.46. The minimum atomic E-state index is -4.46. The minimum Gasteiger partial charge on any atom is -0.452 e.